The number of halogens is 4. The fourth-order valence-corrected chi connectivity index (χ4v) is 2.81. The van der Waals surface area contributed by atoms with Crippen molar-refractivity contribution in [3.05, 3.63) is 33.8 Å². The minimum atomic E-state index is -4.26. The maximum atomic E-state index is 13.4. The Labute approximate surface area is 119 Å². The molecule has 1 aliphatic rings. The van der Waals surface area contributed by atoms with Crippen molar-refractivity contribution in [3.63, 3.8) is 0 Å². The van der Waals surface area contributed by atoms with Crippen molar-refractivity contribution in [2.45, 2.75) is 19.1 Å². The molecule has 2 nitrogen and oxygen atoms in total. The molecule has 106 valence electrons. The van der Waals surface area contributed by atoms with Crippen molar-refractivity contribution in [2.24, 2.45) is 0 Å². The third-order valence-corrected chi connectivity index (χ3v) is 3.86. The van der Waals surface area contributed by atoms with Gasteiger partial charge in [0.15, 0.2) is 0 Å². The van der Waals surface area contributed by atoms with Crippen molar-refractivity contribution >= 4 is 15.9 Å². The van der Waals surface area contributed by atoms with Gasteiger partial charge in [0.25, 0.3) is 0 Å². The number of alkyl halides is 3. The minimum absolute atomic E-state index is 0.337. The van der Waals surface area contributed by atoms with E-state index in [2.05, 4.69) is 21.2 Å². The zero-order valence-corrected chi connectivity index (χ0v) is 12.2. The Kier molecular flexibility index (Phi) is 4.53. The monoisotopic (exact) mass is 336 g/mol. The first-order chi connectivity index (χ1) is 8.89. The maximum absolute atomic E-state index is 13.4. The summed E-state index contributed by atoms with van der Waals surface area (Å²) in [5.74, 6) is 0. The lowest BCUT2D eigenvalue weighted by Crippen LogP contribution is -2.49. The van der Waals surface area contributed by atoms with Crippen LogP contribution in [0, 0.1) is 6.92 Å². The van der Waals surface area contributed by atoms with Gasteiger partial charge in [-0.25, -0.2) is 0 Å². The molecule has 1 aliphatic heterocycles. The number of nitrogens with one attached hydrogen (secondary N) is 1. The molecule has 1 aromatic rings. The molecule has 0 aliphatic carbocycles. The van der Waals surface area contributed by atoms with Gasteiger partial charge < -0.3 is 5.32 Å². The summed E-state index contributed by atoms with van der Waals surface area (Å²) in [4.78, 5) is 1.51. The first kappa shape index (κ1) is 14.8. The van der Waals surface area contributed by atoms with Gasteiger partial charge in [-0.05, 0) is 30.2 Å². The topological polar surface area (TPSA) is 15.3 Å². The fourth-order valence-electron chi connectivity index (χ4n) is 2.43. The van der Waals surface area contributed by atoms with Crippen molar-refractivity contribution in [3.8, 4) is 0 Å². The van der Waals surface area contributed by atoms with Gasteiger partial charge in [0, 0.05) is 30.7 Å². The van der Waals surface area contributed by atoms with Gasteiger partial charge in [0.2, 0.25) is 0 Å². The molecular formula is C13H16BrF3N2. The second-order valence-corrected chi connectivity index (χ2v) is 5.65. The predicted molar refractivity (Wildman–Crippen MR) is 72.1 cm³/mol. The number of rotatable bonds is 2. The highest BCUT2D eigenvalue weighted by Gasteiger charge is 2.45. The summed E-state index contributed by atoms with van der Waals surface area (Å²) in [6.45, 7) is 3.74. The first-order valence-electron chi connectivity index (χ1n) is 6.17. The van der Waals surface area contributed by atoms with E-state index >= 15 is 0 Å². The van der Waals surface area contributed by atoms with E-state index in [0.29, 0.717) is 41.8 Å². The molecule has 1 saturated heterocycles. The maximum Gasteiger partial charge on any atom is 0.408 e. The van der Waals surface area contributed by atoms with E-state index in [1.807, 2.05) is 0 Å². The predicted octanol–water partition coefficient (Wildman–Crippen LogP) is 3.27. The molecule has 1 heterocycles. The molecule has 0 radical (unpaired) electrons. The summed E-state index contributed by atoms with van der Waals surface area (Å²) in [5.41, 5.74) is 1.01. The summed E-state index contributed by atoms with van der Waals surface area (Å²) in [7, 11) is 0. The van der Waals surface area contributed by atoms with Gasteiger partial charge in [-0.15, -0.1) is 0 Å². The van der Waals surface area contributed by atoms with Gasteiger partial charge >= 0.3 is 6.18 Å². The lowest BCUT2D eigenvalue weighted by atomic mass is 9.99. The van der Waals surface area contributed by atoms with Crippen LogP contribution >= 0.6 is 15.9 Å². The summed E-state index contributed by atoms with van der Waals surface area (Å²) in [6, 6.07) is 3.55. The molecule has 0 spiro atoms. The smallest absolute Gasteiger partial charge is 0.314 e. The number of aryl methyl sites for hydroxylation is 1. The van der Waals surface area contributed by atoms with E-state index < -0.39 is 12.2 Å². The molecule has 0 bridgehead atoms. The summed E-state index contributed by atoms with van der Waals surface area (Å²) >= 11 is 3.26. The van der Waals surface area contributed by atoms with Crippen molar-refractivity contribution < 1.29 is 13.2 Å². The minimum Gasteiger partial charge on any atom is -0.314 e. The fraction of sp³-hybridized carbons (Fsp3) is 0.538. The molecule has 0 amide bonds. The van der Waals surface area contributed by atoms with Gasteiger partial charge in [0.05, 0.1) is 0 Å². The summed E-state index contributed by atoms with van der Waals surface area (Å²) in [5, 5.41) is 3.08. The van der Waals surface area contributed by atoms with Crippen LogP contribution in [0.1, 0.15) is 17.2 Å². The quantitative estimate of drug-likeness (QED) is 0.891. The van der Waals surface area contributed by atoms with E-state index in [0.717, 1.165) is 0 Å². The Balaban J connectivity index is 2.39. The summed E-state index contributed by atoms with van der Waals surface area (Å²) in [6.07, 6.45) is -4.26. The van der Waals surface area contributed by atoms with Crippen molar-refractivity contribution in [1.29, 1.82) is 0 Å². The van der Waals surface area contributed by atoms with Crippen molar-refractivity contribution in [1.82, 2.24) is 10.2 Å². The van der Waals surface area contributed by atoms with E-state index in [-0.39, 0.29) is 0 Å². The van der Waals surface area contributed by atoms with E-state index in [9.17, 15) is 13.2 Å². The Morgan fingerprint density at radius 2 is 1.89 bits per heavy atom. The molecule has 6 heteroatoms. The standard InChI is InChI=1S/C13H16BrF3N2/c1-9-2-3-10(14)8-11(9)12(13(15,16)17)19-6-4-18-5-7-19/h2-3,8,12,18H,4-7H2,1H3/t12-/m0/s1. The SMILES string of the molecule is Cc1ccc(Br)cc1[C@H](N1CCNCC1)C(F)(F)F. The van der Waals surface area contributed by atoms with Crippen LogP contribution in [0.15, 0.2) is 22.7 Å². The van der Waals surface area contributed by atoms with E-state index in [1.165, 1.54) is 4.90 Å². The van der Waals surface area contributed by atoms with Gasteiger partial charge in [-0.3, -0.25) is 4.90 Å². The van der Waals surface area contributed by atoms with Gasteiger partial charge in [-0.1, -0.05) is 22.0 Å². The summed E-state index contributed by atoms with van der Waals surface area (Å²) < 4.78 is 41.0. The van der Waals surface area contributed by atoms with Crippen LogP contribution in [0.4, 0.5) is 13.2 Å². The highest BCUT2D eigenvalue weighted by molar-refractivity contribution is 9.10. The molecule has 19 heavy (non-hydrogen) atoms. The largest absolute Gasteiger partial charge is 0.408 e. The van der Waals surface area contributed by atoms with Crippen LogP contribution in [-0.4, -0.2) is 37.3 Å². The van der Waals surface area contributed by atoms with Crippen LogP contribution < -0.4 is 5.32 Å². The normalized spacial score (nSPS) is 19.4. The average molecular weight is 337 g/mol. The molecule has 0 unspecified atom stereocenters. The van der Waals surface area contributed by atoms with Crippen LogP contribution in [0.25, 0.3) is 0 Å². The van der Waals surface area contributed by atoms with Crippen LogP contribution in [-0.2, 0) is 0 Å². The van der Waals surface area contributed by atoms with E-state index in [1.54, 1.807) is 25.1 Å². The molecule has 0 aromatic heterocycles. The Bertz CT molecular complexity index is 442. The molecule has 1 aromatic carbocycles. The Morgan fingerprint density at radius 3 is 2.47 bits per heavy atom. The molecule has 1 atom stereocenters. The third kappa shape index (κ3) is 3.49. The van der Waals surface area contributed by atoms with Crippen LogP contribution in [0.5, 0.6) is 0 Å². The highest BCUT2D eigenvalue weighted by Crippen LogP contribution is 2.39. The Morgan fingerprint density at radius 1 is 1.26 bits per heavy atom. The van der Waals surface area contributed by atoms with Crippen LogP contribution in [0.2, 0.25) is 0 Å². The highest BCUT2D eigenvalue weighted by atomic mass is 79.9. The molecule has 1 N–H and O–H groups in total. The molecular weight excluding hydrogens is 321 g/mol. The second kappa shape index (κ2) is 5.81. The zero-order valence-electron chi connectivity index (χ0n) is 10.6. The molecule has 0 saturated carbocycles. The number of hydrogen-bond donors (Lipinski definition) is 1. The molecule has 1 fully saturated rings. The van der Waals surface area contributed by atoms with Gasteiger partial charge in [0.1, 0.15) is 6.04 Å². The number of nitrogens with zero attached hydrogens (tertiary/aromatic N) is 1. The lowest BCUT2D eigenvalue weighted by Gasteiger charge is -2.36. The first-order valence-corrected chi connectivity index (χ1v) is 6.96. The van der Waals surface area contributed by atoms with Gasteiger partial charge in [-0.2, -0.15) is 13.2 Å². The zero-order chi connectivity index (χ0) is 14.0. The number of hydrogen-bond acceptors (Lipinski definition) is 2. The molecule has 2 rings (SSSR count). The second-order valence-electron chi connectivity index (χ2n) is 4.73. The van der Waals surface area contributed by atoms with E-state index in [4.69, 9.17) is 0 Å². The average Bonchev–Trinajstić information content (AvgIpc) is 2.33. The third-order valence-electron chi connectivity index (χ3n) is 3.36. The van der Waals surface area contributed by atoms with Crippen molar-refractivity contribution in [2.75, 3.05) is 26.2 Å². The van der Waals surface area contributed by atoms with Crippen LogP contribution in [0.3, 0.4) is 0 Å². The number of benzene rings is 1. The number of piperazine rings is 1. The lowest BCUT2D eigenvalue weighted by molar-refractivity contribution is -0.188. The Hall–Kier alpha value is -0.590.